The molecule has 0 amide bonds. The van der Waals surface area contributed by atoms with E-state index in [1.807, 2.05) is 0 Å². The van der Waals surface area contributed by atoms with Crippen molar-refractivity contribution in [2.24, 2.45) is 0 Å². The number of aromatic nitrogens is 1. The first-order valence-electron chi connectivity index (χ1n) is 15.6. The summed E-state index contributed by atoms with van der Waals surface area (Å²) in [5, 5.41) is 2.60. The van der Waals surface area contributed by atoms with Gasteiger partial charge in [-0.3, -0.25) is 0 Å². The number of hydrogen-bond donors (Lipinski definition) is 0. The van der Waals surface area contributed by atoms with Gasteiger partial charge in [0.15, 0.2) is 0 Å². The molecule has 0 saturated heterocycles. The van der Waals surface area contributed by atoms with E-state index in [-0.39, 0.29) is 10.8 Å². The lowest BCUT2D eigenvalue weighted by molar-refractivity contribution is 0.632. The van der Waals surface area contributed by atoms with Gasteiger partial charge in [-0.05, 0) is 75.8 Å². The first kappa shape index (κ1) is 25.4. The minimum Gasteiger partial charge on any atom is -0.310 e. The minimum absolute atomic E-state index is 0.0721. The summed E-state index contributed by atoms with van der Waals surface area (Å²) in [6.07, 6.45) is 0. The zero-order chi connectivity index (χ0) is 29.8. The summed E-state index contributed by atoms with van der Waals surface area (Å²) in [5.74, 6) is 0. The number of rotatable bonds is 2. The summed E-state index contributed by atoms with van der Waals surface area (Å²) in [7, 11) is 0. The number of benzene rings is 6. The molecule has 7 aromatic rings. The van der Waals surface area contributed by atoms with Crippen LogP contribution in [0.1, 0.15) is 49.9 Å². The lowest BCUT2D eigenvalue weighted by Gasteiger charge is -2.42. The third kappa shape index (κ3) is 3.20. The largest absolute Gasteiger partial charge is 0.310 e. The molecule has 2 aliphatic rings. The number of para-hydroxylation sites is 3. The summed E-state index contributed by atoms with van der Waals surface area (Å²) in [6.45, 7) is 9.45. The van der Waals surface area contributed by atoms with E-state index in [0.29, 0.717) is 0 Å². The van der Waals surface area contributed by atoms with Gasteiger partial charge in [0.25, 0.3) is 0 Å². The molecule has 0 atom stereocenters. The van der Waals surface area contributed by atoms with Gasteiger partial charge in [0.05, 0.1) is 22.4 Å². The lowest BCUT2D eigenvalue weighted by Crippen LogP contribution is -2.30. The van der Waals surface area contributed by atoms with Gasteiger partial charge in [0.1, 0.15) is 0 Å². The Morgan fingerprint density at radius 3 is 1.70 bits per heavy atom. The van der Waals surface area contributed by atoms with E-state index in [9.17, 15) is 0 Å². The highest BCUT2D eigenvalue weighted by Gasteiger charge is 2.39. The zero-order valence-electron chi connectivity index (χ0n) is 25.6. The average Bonchev–Trinajstić information content (AvgIpc) is 3.51. The van der Waals surface area contributed by atoms with E-state index >= 15 is 0 Å². The molecule has 0 unspecified atom stereocenters. The summed E-state index contributed by atoms with van der Waals surface area (Å²) >= 11 is 0. The standard InChI is InChI=1S/C42H34N2/c1-41(2)34-16-8-11-19-37(34)43(38-20-12-9-17-35(38)41)27-21-23-28(24-22-27)44-36-18-10-6-14-30(36)32-26-25-31-29-13-5-7-15-33(29)42(3,4)39(31)40(32)44/h5-26H,1-4H3. The molecule has 6 aromatic carbocycles. The predicted molar refractivity (Wildman–Crippen MR) is 185 cm³/mol. The highest BCUT2D eigenvalue weighted by atomic mass is 15.2. The van der Waals surface area contributed by atoms with E-state index in [0.717, 1.165) is 0 Å². The van der Waals surface area contributed by atoms with E-state index < -0.39 is 0 Å². The van der Waals surface area contributed by atoms with Crippen LogP contribution in [0.4, 0.5) is 17.1 Å². The Kier molecular flexibility index (Phi) is 5.05. The van der Waals surface area contributed by atoms with Crippen molar-refractivity contribution >= 4 is 38.9 Å². The van der Waals surface area contributed by atoms with Crippen LogP contribution in [0.5, 0.6) is 0 Å². The number of anilines is 3. The molecular formula is C42H34N2. The fraction of sp³-hybridized carbons (Fsp3) is 0.143. The van der Waals surface area contributed by atoms with Crippen LogP contribution in [0.15, 0.2) is 133 Å². The van der Waals surface area contributed by atoms with Crippen LogP contribution in [0.3, 0.4) is 0 Å². The molecule has 1 aromatic heterocycles. The predicted octanol–water partition coefficient (Wildman–Crippen LogP) is 11.2. The molecule has 0 N–H and O–H groups in total. The molecule has 0 bridgehead atoms. The second kappa shape index (κ2) is 8.74. The fourth-order valence-electron chi connectivity index (χ4n) is 8.28. The summed E-state index contributed by atoms with van der Waals surface area (Å²) < 4.78 is 2.50. The van der Waals surface area contributed by atoms with Gasteiger partial charge in [-0.2, -0.15) is 0 Å². The zero-order valence-corrected chi connectivity index (χ0v) is 25.6. The Hall–Kier alpha value is -5.08. The van der Waals surface area contributed by atoms with Crippen molar-refractivity contribution in [3.63, 3.8) is 0 Å². The van der Waals surface area contributed by atoms with Crippen LogP contribution in [0, 0.1) is 0 Å². The second-order valence-corrected chi connectivity index (χ2v) is 13.4. The van der Waals surface area contributed by atoms with Crippen molar-refractivity contribution in [2.45, 2.75) is 38.5 Å². The number of nitrogens with zero attached hydrogens (tertiary/aromatic N) is 2. The smallest absolute Gasteiger partial charge is 0.0588 e. The Bertz CT molecular complexity index is 2230. The van der Waals surface area contributed by atoms with Crippen molar-refractivity contribution in [3.05, 3.63) is 156 Å². The Balaban J connectivity index is 1.27. The monoisotopic (exact) mass is 566 g/mol. The quantitative estimate of drug-likeness (QED) is 0.202. The number of fused-ring (bicyclic) bond motifs is 9. The lowest BCUT2D eigenvalue weighted by atomic mass is 9.73. The first-order chi connectivity index (χ1) is 21.4. The van der Waals surface area contributed by atoms with Crippen LogP contribution in [-0.4, -0.2) is 4.57 Å². The second-order valence-electron chi connectivity index (χ2n) is 13.4. The molecule has 0 saturated carbocycles. The molecule has 212 valence electrons. The molecule has 0 spiro atoms. The molecule has 44 heavy (non-hydrogen) atoms. The van der Waals surface area contributed by atoms with Gasteiger partial charge >= 0.3 is 0 Å². The van der Waals surface area contributed by atoms with E-state index in [4.69, 9.17) is 0 Å². The highest BCUT2D eigenvalue weighted by Crippen LogP contribution is 2.54. The molecule has 1 aliphatic carbocycles. The topological polar surface area (TPSA) is 8.17 Å². The van der Waals surface area contributed by atoms with Crippen molar-refractivity contribution < 1.29 is 0 Å². The van der Waals surface area contributed by atoms with Gasteiger partial charge in [0.2, 0.25) is 0 Å². The highest BCUT2D eigenvalue weighted by molar-refractivity contribution is 6.13. The molecular weight excluding hydrogens is 532 g/mol. The normalized spacial score (nSPS) is 15.6. The minimum atomic E-state index is -0.106. The van der Waals surface area contributed by atoms with Gasteiger partial charge in [-0.25, -0.2) is 0 Å². The Labute approximate surface area is 258 Å². The maximum atomic E-state index is 2.50. The van der Waals surface area contributed by atoms with Crippen LogP contribution in [0.25, 0.3) is 38.6 Å². The Morgan fingerprint density at radius 2 is 1.00 bits per heavy atom. The van der Waals surface area contributed by atoms with Crippen LogP contribution in [0.2, 0.25) is 0 Å². The summed E-state index contributed by atoms with van der Waals surface area (Å²) in [4.78, 5) is 2.43. The Morgan fingerprint density at radius 1 is 0.432 bits per heavy atom. The van der Waals surface area contributed by atoms with Gasteiger partial charge < -0.3 is 9.47 Å². The molecule has 0 fully saturated rings. The molecule has 1 aliphatic heterocycles. The maximum absolute atomic E-state index is 2.50. The van der Waals surface area contributed by atoms with E-state index in [1.165, 1.54) is 77.9 Å². The summed E-state index contributed by atoms with van der Waals surface area (Å²) in [6, 6.07) is 49.4. The SMILES string of the molecule is CC1(C)c2ccccc2N(c2ccc(-n3c4ccccc4c4ccc5c(c43)C(C)(C)c3ccccc3-5)cc2)c2ccccc21. The molecule has 2 heterocycles. The van der Waals surface area contributed by atoms with Crippen LogP contribution >= 0.6 is 0 Å². The van der Waals surface area contributed by atoms with Crippen LogP contribution < -0.4 is 4.90 Å². The van der Waals surface area contributed by atoms with Crippen LogP contribution in [-0.2, 0) is 10.8 Å². The third-order valence-corrected chi connectivity index (χ3v) is 10.4. The van der Waals surface area contributed by atoms with Crippen molar-refractivity contribution in [1.82, 2.24) is 4.57 Å². The van der Waals surface area contributed by atoms with Gasteiger partial charge in [-0.1, -0.05) is 119 Å². The number of hydrogen-bond acceptors (Lipinski definition) is 1. The summed E-state index contributed by atoms with van der Waals surface area (Å²) in [5.41, 5.74) is 15.4. The van der Waals surface area contributed by atoms with E-state index in [1.54, 1.807) is 0 Å². The maximum Gasteiger partial charge on any atom is 0.0588 e. The van der Waals surface area contributed by atoms with Gasteiger partial charge in [-0.15, -0.1) is 0 Å². The average molecular weight is 567 g/mol. The third-order valence-electron chi connectivity index (χ3n) is 10.4. The first-order valence-corrected chi connectivity index (χ1v) is 15.6. The molecule has 0 radical (unpaired) electrons. The van der Waals surface area contributed by atoms with Gasteiger partial charge in [0, 0.05) is 33.0 Å². The molecule has 9 rings (SSSR count). The molecule has 2 nitrogen and oxygen atoms in total. The van der Waals surface area contributed by atoms with Crippen molar-refractivity contribution in [1.29, 1.82) is 0 Å². The van der Waals surface area contributed by atoms with Crippen molar-refractivity contribution in [3.8, 4) is 16.8 Å². The van der Waals surface area contributed by atoms with Crippen molar-refractivity contribution in [2.75, 3.05) is 4.90 Å². The fourth-order valence-corrected chi connectivity index (χ4v) is 8.28. The van der Waals surface area contributed by atoms with E-state index in [2.05, 4.69) is 171 Å². The molecule has 2 heteroatoms.